The number of hydrogen-bond donors (Lipinski definition) is 1. The van der Waals surface area contributed by atoms with Gasteiger partial charge >= 0.3 is 5.97 Å². The van der Waals surface area contributed by atoms with Crippen molar-refractivity contribution in [3.63, 3.8) is 0 Å². The molecule has 31 heavy (non-hydrogen) atoms. The van der Waals surface area contributed by atoms with Gasteiger partial charge in [-0.25, -0.2) is 0 Å². The molecule has 7 heteroatoms. The van der Waals surface area contributed by atoms with Crippen LogP contribution in [0.1, 0.15) is 37.7 Å². The summed E-state index contributed by atoms with van der Waals surface area (Å²) in [6.45, 7) is 1.74. The third kappa shape index (κ3) is 4.26. The van der Waals surface area contributed by atoms with Crippen molar-refractivity contribution in [2.75, 3.05) is 23.4 Å². The van der Waals surface area contributed by atoms with E-state index >= 15 is 0 Å². The molecule has 1 N–H and O–H groups in total. The normalized spacial score (nSPS) is 16.5. The highest BCUT2D eigenvalue weighted by Crippen LogP contribution is 2.45. The molecule has 2 aromatic carbocycles. The van der Waals surface area contributed by atoms with Gasteiger partial charge in [0.2, 0.25) is 0 Å². The predicted octanol–water partition coefficient (Wildman–Crippen LogP) is 3.61. The van der Waals surface area contributed by atoms with Gasteiger partial charge in [-0.2, -0.15) is 0 Å². The summed E-state index contributed by atoms with van der Waals surface area (Å²) >= 11 is 0. The van der Waals surface area contributed by atoms with E-state index in [9.17, 15) is 14.4 Å². The fourth-order valence-corrected chi connectivity index (χ4v) is 4.29. The number of anilines is 2. The molecular weight excluding hydrogens is 396 g/mol. The zero-order valence-corrected chi connectivity index (χ0v) is 17.6. The van der Waals surface area contributed by atoms with Crippen LogP contribution in [0.4, 0.5) is 11.4 Å². The number of ether oxygens (including phenoxy) is 2. The van der Waals surface area contributed by atoms with Crippen LogP contribution < -0.4 is 15.0 Å². The van der Waals surface area contributed by atoms with Gasteiger partial charge in [-0.1, -0.05) is 42.7 Å². The Morgan fingerprint density at radius 2 is 1.77 bits per heavy atom. The van der Waals surface area contributed by atoms with Gasteiger partial charge in [0, 0.05) is 0 Å². The van der Waals surface area contributed by atoms with E-state index in [0.29, 0.717) is 30.0 Å². The van der Waals surface area contributed by atoms with Crippen LogP contribution in [0.15, 0.2) is 48.5 Å². The first-order valence-electron chi connectivity index (χ1n) is 10.6. The van der Waals surface area contributed by atoms with Gasteiger partial charge in [0.25, 0.3) is 11.8 Å². The van der Waals surface area contributed by atoms with E-state index in [0.717, 1.165) is 18.4 Å². The topological polar surface area (TPSA) is 84.9 Å². The molecule has 1 fully saturated rings. The highest BCUT2D eigenvalue weighted by molar-refractivity contribution is 6.15. The molecule has 4 rings (SSSR count). The first kappa shape index (κ1) is 20.9. The van der Waals surface area contributed by atoms with Crippen molar-refractivity contribution < 1.29 is 23.9 Å². The number of hydrogen-bond acceptors (Lipinski definition) is 5. The third-order valence-corrected chi connectivity index (χ3v) is 5.88. The number of benzene rings is 2. The van der Waals surface area contributed by atoms with Crippen LogP contribution in [-0.2, 0) is 19.1 Å². The number of para-hydroxylation sites is 2. The lowest BCUT2D eigenvalue weighted by Gasteiger charge is -2.44. The number of fused-ring (bicyclic) bond motifs is 1. The largest absolute Gasteiger partial charge is 0.493 e. The van der Waals surface area contributed by atoms with E-state index < -0.39 is 24.0 Å². The Labute approximate surface area is 181 Å². The molecule has 2 aliphatic rings. The minimum Gasteiger partial charge on any atom is -0.493 e. The maximum absolute atomic E-state index is 13.1. The SMILES string of the molecule is Cc1ccc(OCCC(=O)OCC(=O)N2c3ccccc3NC(=O)C23CCCC3)cc1. The molecule has 0 bridgehead atoms. The van der Waals surface area contributed by atoms with Gasteiger partial charge in [-0.15, -0.1) is 0 Å². The lowest BCUT2D eigenvalue weighted by atomic mass is 9.90. The van der Waals surface area contributed by atoms with Crippen molar-refractivity contribution in [3.8, 4) is 5.75 Å². The highest BCUT2D eigenvalue weighted by Gasteiger charge is 2.52. The Kier molecular flexibility index (Phi) is 5.93. The number of aryl methyl sites for hydroxylation is 1. The van der Waals surface area contributed by atoms with E-state index in [4.69, 9.17) is 9.47 Å². The van der Waals surface area contributed by atoms with Crippen LogP contribution in [0.3, 0.4) is 0 Å². The van der Waals surface area contributed by atoms with Gasteiger partial charge in [0.05, 0.1) is 24.4 Å². The maximum atomic E-state index is 13.1. The lowest BCUT2D eigenvalue weighted by Crippen LogP contribution is -2.61. The number of esters is 1. The number of carbonyl (C=O) groups is 3. The average molecular weight is 422 g/mol. The minimum absolute atomic E-state index is 0.0311. The number of amides is 2. The van der Waals surface area contributed by atoms with Crippen LogP contribution in [0.25, 0.3) is 0 Å². The van der Waals surface area contributed by atoms with Crippen LogP contribution in [0.2, 0.25) is 0 Å². The Morgan fingerprint density at radius 3 is 2.52 bits per heavy atom. The molecule has 0 saturated heterocycles. The Morgan fingerprint density at radius 1 is 1.06 bits per heavy atom. The monoisotopic (exact) mass is 422 g/mol. The van der Waals surface area contributed by atoms with Crippen molar-refractivity contribution in [2.24, 2.45) is 0 Å². The fraction of sp³-hybridized carbons (Fsp3) is 0.375. The molecule has 2 aromatic rings. The van der Waals surface area contributed by atoms with E-state index in [1.54, 1.807) is 11.0 Å². The summed E-state index contributed by atoms with van der Waals surface area (Å²) in [5.41, 5.74) is 1.45. The summed E-state index contributed by atoms with van der Waals surface area (Å²) in [6, 6.07) is 14.7. The van der Waals surface area contributed by atoms with Gasteiger partial charge < -0.3 is 14.8 Å². The Hall–Kier alpha value is -3.35. The predicted molar refractivity (Wildman–Crippen MR) is 116 cm³/mol. The van der Waals surface area contributed by atoms with Crippen LogP contribution in [-0.4, -0.2) is 36.5 Å². The molecule has 1 aliphatic carbocycles. The second kappa shape index (κ2) is 8.79. The molecule has 1 heterocycles. The average Bonchev–Trinajstić information content (AvgIpc) is 3.25. The minimum atomic E-state index is -0.910. The summed E-state index contributed by atoms with van der Waals surface area (Å²) in [6.07, 6.45) is 2.96. The van der Waals surface area contributed by atoms with E-state index in [1.165, 1.54) is 0 Å². The third-order valence-electron chi connectivity index (χ3n) is 5.88. The molecular formula is C24H26N2O5. The second-order valence-corrected chi connectivity index (χ2v) is 8.01. The van der Waals surface area contributed by atoms with Gasteiger partial charge in [0.1, 0.15) is 11.3 Å². The number of carbonyl (C=O) groups excluding carboxylic acids is 3. The molecule has 1 spiro atoms. The van der Waals surface area contributed by atoms with Crippen LogP contribution in [0, 0.1) is 6.92 Å². The van der Waals surface area contributed by atoms with Gasteiger partial charge in [-0.3, -0.25) is 19.3 Å². The van der Waals surface area contributed by atoms with Gasteiger partial charge in [0.15, 0.2) is 6.61 Å². The highest BCUT2D eigenvalue weighted by atomic mass is 16.5. The van der Waals surface area contributed by atoms with Crippen molar-refractivity contribution in [2.45, 2.75) is 44.6 Å². The van der Waals surface area contributed by atoms with Crippen molar-refractivity contribution in [3.05, 3.63) is 54.1 Å². The fourth-order valence-electron chi connectivity index (χ4n) is 4.29. The summed E-state index contributed by atoms with van der Waals surface area (Å²) in [7, 11) is 0. The molecule has 1 aliphatic heterocycles. The molecule has 0 radical (unpaired) electrons. The molecule has 1 saturated carbocycles. The zero-order valence-electron chi connectivity index (χ0n) is 17.6. The summed E-state index contributed by atoms with van der Waals surface area (Å²) in [5.74, 6) is -0.406. The first-order chi connectivity index (χ1) is 15.0. The van der Waals surface area contributed by atoms with Crippen LogP contribution in [0.5, 0.6) is 5.75 Å². The number of rotatable bonds is 6. The number of nitrogens with one attached hydrogen (secondary N) is 1. The molecule has 0 atom stereocenters. The Balaban J connectivity index is 1.38. The zero-order chi connectivity index (χ0) is 21.8. The smallest absolute Gasteiger partial charge is 0.309 e. The van der Waals surface area contributed by atoms with Crippen molar-refractivity contribution >= 4 is 29.2 Å². The first-order valence-corrected chi connectivity index (χ1v) is 10.6. The number of nitrogens with zero attached hydrogens (tertiary/aromatic N) is 1. The molecule has 0 unspecified atom stereocenters. The van der Waals surface area contributed by atoms with E-state index in [2.05, 4.69) is 5.32 Å². The molecule has 162 valence electrons. The maximum Gasteiger partial charge on any atom is 0.309 e. The Bertz CT molecular complexity index is 980. The van der Waals surface area contributed by atoms with E-state index in [1.807, 2.05) is 49.4 Å². The summed E-state index contributed by atoms with van der Waals surface area (Å²) in [5, 5.41) is 2.93. The molecule has 7 nitrogen and oxygen atoms in total. The molecule has 0 aromatic heterocycles. The van der Waals surface area contributed by atoms with Gasteiger partial charge in [-0.05, 0) is 44.0 Å². The second-order valence-electron chi connectivity index (χ2n) is 8.01. The lowest BCUT2D eigenvalue weighted by molar-refractivity contribution is -0.148. The van der Waals surface area contributed by atoms with E-state index in [-0.39, 0.29) is 18.9 Å². The van der Waals surface area contributed by atoms with Crippen LogP contribution >= 0.6 is 0 Å². The standard InChI is InChI=1S/C24H26N2O5/c1-17-8-10-18(11-9-17)30-15-12-22(28)31-16-21(27)26-20-7-3-2-6-19(20)25-23(29)24(26)13-4-5-14-24/h2-3,6-11H,4-5,12-16H2,1H3,(H,25,29). The quantitative estimate of drug-likeness (QED) is 0.719. The molecule has 2 amide bonds. The summed E-state index contributed by atoms with van der Waals surface area (Å²) in [4.78, 5) is 39.7. The van der Waals surface area contributed by atoms with Crippen molar-refractivity contribution in [1.82, 2.24) is 0 Å². The van der Waals surface area contributed by atoms with Crippen molar-refractivity contribution in [1.29, 1.82) is 0 Å². The summed E-state index contributed by atoms with van der Waals surface area (Å²) < 4.78 is 10.8.